The van der Waals surface area contributed by atoms with Gasteiger partial charge in [-0.2, -0.15) is 0 Å². The fraction of sp³-hybridized carbons (Fsp3) is 0.667. The molecule has 0 aliphatic rings. The van der Waals surface area contributed by atoms with Crippen LogP contribution in [0.1, 0.15) is 19.5 Å². The zero-order chi connectivity index (χ0) is 14.6. The molecular weight excluding hydrogens is 256 g/mol. The second-order valence-electron chi connectivity index (χ2n) is 4.92. The van der Waals surface area contributed by atoms with E-state index in [9.17, 15) is 5.11 Å². The first-order valence-electron chi connectivity index (χ1n) is 7.16. The van der Waals surface area contributed by atoms with Gasteiger partial charge in [0, 0.05) is 31.4 Å². The fourth-order valence-electron chi connectivity index (χ4n) is 1.65. The Bertz CT molecular complexity index is 333. The van der Waals surface area contributed by atoms with Crippen LogP contribution in [0, 0.1) is 0 Å². The summed E-state index contributed by atoms with van der Waals surface area (Å²) in [5, 5.41) is 12.9. The van der Waals surface area contributed by atoms with Crippen LogP contribution in [-0.2, 0) is 15.9 Å². The van der Waals surface area contributed by atoms with E-state index in [1.807, 2.05) is 32.0 Å². The Morgan fingerprint density at radius 1 is 1.30 bits per heavy atom. The minimum atomic E-state index is -0.488. The molecule has 20 heavy (non-hydrogen) atoms. The normalized spacial score (nSPS) is 12.8. The molecule has 2 N–H and O–H groups in total. The molecule has 0 saturated carbocycles. The number of aliphatic hydroxyl groups is 1. The summed E-state index contributed by atoms with van der Waals surface area (Å²) in [6.45, 7) is 6.71. The van der Waals surface area contributed by atoms with Crippen molar-refractivity contribution >= 4 is 0 Å². The first-order valence-corrected chi connectivity index (χ1v) is 7.16. The molecule has 0 fully saturated rings. The van der Waals surface area contributed by atoms with Crippen LogP contribution >= 0.6 is 0 Å². The number of ether oxygens (including phenoxy) is 2. The van der Waals surface area contributed by atoms with Crippen LogP contribution in [-0.4, -0.2) is 55.2 Å². The predicted molar refractivity (Wildman–Crippen MR) is 78.7 cm³/mol. The molecule has 0 aliphatic carbocycles. The Balaban J connectivity index is 1.93. The molecule has 0 aromatic carbocycles. The van der Waals surface area contributed by atoms with Gasteiger partial charge in [0.2, 0.25) is 0 Å². The van der Waals surface area contributed by atoms with Gasteiger partial charge < -0.3 is 19.9 Å². The van der Waals surface area contributed by atoms with Gasteiger partial charge in [-0.25, -0.2) is 0 Å². The van der Waals surface area contributed by atoms with Crippen molar-refractivity contribution in [2.24, 2.45) is 0 Å². The lowest BCUT2D eigenvalue weighted by Crippen LogP contribution is -2.32. The highest BCUT2D eigenvalue weighted by Gasteiger charge is 2.04. The Morgan fingerprint density at radius 2 is 2.15 bits per heavy atom. The Labute approximate surface area is 121 Å². The molecule has 0 saturated heterocycles. The Kier molecular flexibility index (Phi) is 9.15. The minimum Gasteiger partial charge on any atom is -0.389 e. The first kappa shape index (κ1) is 17.0. The van der Waals surface area contributed by atoms with Crippen molar-refractivity contribution in [1.29, 1.82) is 0 Å². The summed E-state index contributed by atoms with van der Waals surface area (Å²) in [6.07, 6.45) is 2.38. The van der Waals surface area contributed by atoms with Gasteiger partial charge in [-0.1, -0.05) is 6.07 Å². The molecule has 0 radical (unpaired) electrons. The standard InChI is InChI=1S/C15H26N2O3/c1-13(2)20-10-9-19-12-15(18)11-16-8-6-14-5-3-4-7-17-14/h3-5,7,13,15-16,18H,6,8-12H2,1-2H3. The number of nitrogens with zero attached hydrogens (tertiary/aromatic N) is 1. The summed E-state index contributed by atoms with van der Waals surface area (Å²) in [5.41, 5.74) is 1.05. The number of nitrogens with one attached hydrogen (secondary N) is 1. The summed E-state index contributed by atoms with van der Waals surface area (Å²) in [6, 6.07) is 5.88. The van der Waals surface area contributed by atoms with E-state index in [1.165, 1.54) is 0 Å². The van der Waals surface area contributed by atoms with Gasteiger partial charge in [-0.3, -0.25) is 4.98 Å². The maximum atomic E-state index is 9.71. The molecule has 114 valence electrons. The van der Waals surface area contributed by atoms with Crippen LogP contribution in [0.3, 0.4) is 0 Å². The number of aliphatic hydroxyl groups excluding tert-OH is 1. The minimum absolute atomic E-state index is 0.219. The molecule has 1 unspecified atom stereocenters. The van der Waals surface area contributed by atoms with E-state index in [4.69, 9.17) is 9.47 Å². The van der Waals surface area contributed by atoms with E-state index in [0.29, 0.717) is 26.4 Å². The molecule has 5 nitrogen and oxygen atoms in total. The number of hydrogen-bond donors (Lipinski definition) is 2. The van der Waals surface area contributed by atoms with Crippen molar-refractivity contribution in [3.63, 3.8) is 0 Å². The third kappa shape index (κ3) is 8.98. The number of pyridine rings is 1. The van der Waals surface area contributed by atoms with Crippen LogP contribution in [0.25, 0.3) is 0 Å². The topological polar surface area (TPSA) is 63.6 Å². The number of hydrogen-bond acceptors (Lipinski definition) is 5. The first-order chi connectivity index (χ1) is 9.68. The third-order valence-electron chi connectivity index (χ3n) is 2.65. The molecule has 1 heterocycles. The van der Waals surface area contributed by atoms with Crippen LogP contribution in [0.2, 0.25) is 0 Å². The maximum Gasteiger partial charge on any atom is 0.0897 e. The Hall–Kier alpha value is -1.01. The van der Waals surface area contributed by atoms with Gasteiger partial charge in [0.25, 0.3) is 0 Å². The van der Waals surface area contributed by atoms with Crippen LogP contribution < -0.4 is 5.32 Å². The SMILES string of the molecule is CC(C)OCCOCC(O)CNCCc1ccccn1. The van der Waals surface area contributed by atoms with Gasteiger partial charge in [-0.15, -0.1) is 0 Å². The summed E-state index contributed by atoms with van der Waals surface area (Å²) >= 11 is 0. The molecule has 0 bridgehead atoms. The second kappa shape index (κ2) is 10.7. The lowest BCUT2D eigenvalue weighted by atomic mass is 10.2. The highest BCUT2D eigenvalue weighted by atomic mass is 16.5. The van der Waals surface area contributed by atoms with Gasteiger partial charge in [0.1, 0.15) is 0 Å². The predicted octanol–water partition coefficient (Wildman–Crippen LogP) is 1.02. The number of rotatable bonds is 11. The van der Waals surface area contributed by atoms with Crippen LogP contribution in [0.5, 0.6) is 0 Å². The van der Waals surface area contributed by atoms with E-state index in [1.54, 1.807) is 6.20 Å². The van der Waals surface area contributed by atoms with Crippen LogP contribution in [0.15, 0.2) is 24.4 Å². The average molecular weight is 282 g/mol. The summed E-state index contributed by atoms with van der Waals surface area (Å²) < 4.78 is 10.7. The smallest absolute Gasteiger partial charge is 0.0897 e. The molecule has 1 aromatic rings. The summed E-state index contributed by atoms with van der Waals surface area (Å²) in [7, 11) is 0. The van der Waals surface area contributed by atoms with E-state index in [2.05, 4.69) is 10.3 Å². The van der Waals surface area contributed by atoms with E-state index in [0.717, 1.165) is 18.7 Å². The third-order valence-corrected chi connectivity index (χ3v) is 2.65. The molecule has 0 amide bonds. The lowest BCUT2D eigenvalue weighted by molar-refractivity contribution is -0.00989. The molecule has 1 rings (SSSR count). The summed E-state index contributed by atoms with van der Waals surface area (Å²) in [5.74, 6) is 0. The zero-order valence-electron chi connectivity index (χ0n) is 12.4. The number of aromatic nitrogens is 1. The largest absolute Gasteiger partial charge is 0.389 e. The summed E-state index contributed by atoms with van der Waals surface area (Å²) in [4.78, 5) is 4.24. The second-order valence-corrected chi connectivity index (χ2v) is 4.92. The van der Waals surface area contributed by atoms with Gasteiger partial charge in [0.05, 0.1) is 32.0 Å². The van der Waals surface area contributed by atoms with Crippen molar-refractivity contribution < 1.29 is 14.6 Å². The molecule has 0 aliphatic heterocycles. The van der Waals surface area contributed by atoms with Crippen molar-refractivity contribution in [2.45, 2.75) is 32.5 Å². The van der Waals surface area contributed by atoms with Crippen molar-refractivity contribution in [3.05, 3.63) is 30.1 Å². The van der Waals surface area contributed by atoms with Gasteiger partial charge in [-0.05, 0) is 26.0 Å². The highest BCUT2D eigenvalue weighted by Crippen LogP contribution is 1.93. The molecule has 1 aromatic heterocycles. The lowest BCUT2D eigenvalue weighted by Gasteiger charge is -2.13. The van der Waals surface area contributed by atoms with Crippen LogP contribution in [0.4, 0.5) is 0 Å². The molecular formula is C15H26N2O3. The van der Waals surface area contributed by atoms with Crippen molar-refractivity contribution in [1.82, 2.24) is 10.3 Å². The van der Waals surface area contributed by atoms with Crippen molar-refractivity contribution in [2.75, 3.05) is 32.9 Å². The zero-order valence-corrected chi connectivity index (χ0v) is 12.4. The van der Waals surface area contributed by atoms with E-state index >= 15 is 0 Å². The van der Waals surface area contributed by atoms with E-state index in [-0.39, 0.29) is 6.10 Å². The molecule has 0 spiro atoms. The monoisotopic (exact) mass is 282 g/mol. The highest BCUT2D eigenvalue weighted by molar-refractivity contribution is 5.03. The fourth-order valence-corrected chi connectivity index (χ4v) is 1.65. The van der Waals surface area contributed by atoms with Gasteiger partial charge >= 0.3 is 0 Å². The molecule has 1 atom stereocenters. The quantitative estimate of drug-likeness (QED) is 0.593. The van der Waals surface area contributed by atoms with Gasteiger partial charge in [0.15, 0.2) is 0 Å². The Morgan fingerprint density at radius 3 is 2.85 bits per heavy atom. The average Bonchev–Trinajstić information content (AvgIpc) is 2.44. The van der Waals surface area contributed by atoms with E-state index < -0.39 is 6.10 Å². The maximum absolute atomic E-state index is 9.71. The molecule has 5 heteroatoms. The van der Waals surface area contributed by atoms with Crippen molar-refractivity contribution in [3.8, 4) is 0 Å².